The van der Waals surface area contributed by atoms with E-state index in [0.29, 0.717) is 29.6 Å². The first-order valence-electron chi connectivity index (χ1n) is 12.4. The molecule has 4 rings (SSSR count). The van der Waals surface area contributed by atoms with Gasteiger partial charge in [0, 0.05) is 31.0 Å². The number of carbonyl (C=O) groups excluding carboxylic acids is 1. The van der Waals surface area contributed by atoms with E-state index in [-0.39, 0.29) is 30.3 Å². The lowest BCUT2D eigenvalue weighted by Gasteiger charge is -2.28. The number of anilines is 3. The molecule has 10 nitrogen and oxygen atoms in total. The average molecular weight is 509 g/mol. The van der Waals surface area contributed by atoms with Crippen molar-refractivity contribution in [3.8, 4) is 5.75 Å². The molecule has 3 N–H and O–H groups in total. The number of hydrogen-bond donors (Lipinski definition) is 3. The van der Waals surface area contributed by atoms with E-state index in [0.717, 1.165) is 25.7 Å². The zero-order valence-electron chi connectivity index (χ0n) is 21.0. The van der Waals surface area contributed by atoms with E-state index in [1.165, 1.54) is 5.56 Å². The lowest BCUT2D eigenvalue weighted by atomic mass is 9.77. The topological polar surface area (TPSA) is 136 Å². The predicted molar refractivity (Wildman–Crippen MR) is 137 cm³/mol. The van der Waals surface area contributed by atoms with Crippen molar-refractivity contribution in [1.82, 2.24) is 10.2 Å². The van der Waals surface area contributed by atoms with Crippen LogP contribution in [0.2, 0.25) is 0 Å². The fourth-order valence-electron chi connectivity index (χ4n) is 4.61. The highest BCUT2D eigenvalue weighted by Crippen LogP contribution is 2.37. The van der Waals surface area contributed by atoms with Crippen LogP contribution in [0.4, 0.5) is 17.4 Å². The summed E-state index contributed by atoms with van der Waals surface area (Å²) >= 11 is 0. The molecule has 0 radical (unpaired) electrons. The van der Waals surface area contributed by atoms with Gasteiger partial charge >= 0.3 is 23.8 Å². The molecule has 1 aliphatic rings. The van der Waals surface area contributed by atoms with Gasteiger partial charge in [0.1, 0.15) is 11.9 Å². The van der Waals surface area contributed by atoms with Crippen LogP contribution in [0.5, 0.6) is 5.75 Å². The maximum absolute atomic E-state index is 12.6. The largest absolute Gasteiger partial charge is 0.488 e. The minimum Gasteiger partial charge on any atom is -0.488 e. The number of nitrogens with zero attached hydrogens (tertiary/aromatic N) is 2. The van der Waals surface area contributed by atoms with Gasteiger partial charge in [0.05, 0.1) is 6.61 Å². The normalized spacial score (nSPS) is 18.1. The van der Waals surface area contributed by atoms with Gasteiger partial charge in [-0.25, -0.2) is 0 Å². The van der Waals surface area contributed by atoms with Crippen LogP contribution in [0, 0.1) is 5.92 Å². The van der Waals surface area contributed by atoms with Crippen molar-refractivity contribution >= 4 is 29.3 Å². The number of aliphatic carboxylic acids is 1. The van der Waals surface area contributed by atoms with Gasteiger partial charge in [0.2, 0.25) is 0 Å². The van der Waals surface area contributed by atoms with Gasteiger partial charge in [-0.3, -0.25) is 9.59 Å². The first-order chi connectivity index (χ1) is 17.9. The van der Waals surface area contributed by atoms with Crippen molar-refractivity contribution < 1.29 is 28.6 Å². The van der Waals surface area contributed by atoms with Crippen molar-refractivity contribution in [2.24, 2.45) is 5.92 Å². The van der Waals surface area contributed by atoms with E-state index >= 15 is 0 Å². The molecule has 0 spiro atoms. The van der Waals surface area contributed by atoms with Crippen molar-refractivity contribution in [2.45, 2.75) is 51.0 Å². The number of methoxy groups -OCH3 is 1. The van der Waals surface area contributed by atoms with Crippen LogP contribution in [-0.2, 0) is 9.53 Å². The highest BCUT2D eigenvalue weighted by molar-refractivity contribution is 6.00. The van der Waals surface area contributed by atoms with Gasteiger partial charge in [0.25, 0.3) is 0 Å². The Hall–Kier alpha value is -3.92. The number of rotatable bonds is 11. The Labute approximate surface area is 215 Å². The molecule has 1 atom stereocenters. The van der Waals surface area contributed by atoms with Crippen molar-refractivity contribution in [3.05, 3.63) is 60.0 Å². The van der Waals surface area contributed by atoms with Crippen LogP contribution in [-0.4, -0.2) is 47.0 Å². The molecule has 1 heterocycles. The predicted octanol–water partition coefficient (Wildman–Crippen LogP) is 5.23. The fraction of sp³-hybridized carbons (Fsp3) is 0.407. The van der Waals surface area contributed by atoms with Crippen LogP contribution in [0.15, 0.2) is 52.9 Å². The van der Waals surface area contributed by atoms with E-state index in [4.69, 9.17) is 19.0 Å². The van der Waals surface area contributed by atoms with E-state index in [2.05, 4.69) is 20.8 Å². The second-order valence-electron chi connectivity index (χ2n) is 9.34. The molecule has 0 bridgehead atoms. The highest BCUT2D eigenvalue weighted by atomic mass is 16.5. The van der Waals surface area contributed by atoms with Gasteiger partial charge in [-0.05, 0) is 74.3 Å². The smallest absolute Gasteiger partial charge is 0.320 e. The van der Waals surface area contributed by atoms with Gasteiger partial charge in [-0.1, -0.05) is 23.3 Å². The maximum atomic E-state index is 12.6. The van der Waals surface area contributed by atoms with E-state index in [1.807, 2.05) is 49.4 Å². The molecule has 1 aromatic heterocycles. The number of benzene rings is 2. The van der Waals surface area contributed by atoms with E-state index < -0.39 is 11.9 Å². The first kappa shape index (κ1) is 26.2. The van der Waals surface area contributed by atoms with E-state index in [9.17, 15) is 9.59 Å². The minimum absolute atomic E-state index is 0.0843. The lowest BCUT2D eigenvalue weighted by molar-refractivity contribution is -0.138. The van der Waals surface area contributed by atoms with Crippen LogP contribution in [0.1, 0.15) is 61.2 Å². The average Bonchev–Trinajstić information content (AvgIpc) is 3.34. The van der Waals surface area contributed by atoms with Crippen molar-refractivity contribution in [3.63, 3.8) is 0 Å². The molecular formula is C27H32N4O6. The summed E-state index contributed by atoms with van der Waals surface area (Å²) in [5.41, 5.74) is 2.49. The zero-order chi connectivity index (χ0) is 26.2. The Morgan fingerprint density at radius 2 is 1.84 bits per heavy atom. The van der Waals surface area contributed by atoms with Crippen LogP contribution >= 0.6 is 0 Å². The summed E-state index contributed by atoms with van der Waals surface area (Å²) in [6.45, 7) is 2.38. The molecule has 37 heavy (non-hydrogen) atoms. The summed E-state index contributed by atoms with van der Waals surface area (Å²) in [6, 6.07) is 15.0. The number of carbonyl (C=O) groups is 2. The monoisotopic (exact) mass is 508 g/mol. The summed E-state index contributed by atoms with van der Waals surface area (Å²) in [4.78, 5) is 23.5. The van der Waals surface area contributed by atoms with Gasteiger partial charge in [0.15, 0.2) is 0 Å². The van der Waals surface area contributed by atoms with Crippen LogP contribution in [0.25, 0.3) is 0 Å². The third kappa shape index (κ3) is 7.53. The Morgan fingerprint density at radius 1 is 1.08 bits per heavy atom. The lowest BCUT2D eigenvalue weighted by Crippen LogP contribution is -2.17. The second kappa shape index (κ2) is 12.4. The molecular weight excluding hydrogens is 476 g/mol. The number of aromatic nitrogens is 2. The Kier molecular flexibility index (Phi) is 8.73. The number of hydrogen-bond acceptors (Lipinski definition) is 8. The zero-order valence-corrected chi connectivity index (χ0v) is 21.0. The Morgan fingerprint density at radius 3 is 2.54 bits per heavy atom. The molecule has 0 saturated heterocycles. The summed E-state index contributed by atoms with van der Waals surface area (Å²) in [7, 11) is 1.62. The highest BCUT2D eigenvalue weighted by Gasteiger charge is 2.24. The first-order valence-corrected chi connectivity index (χ1v) is 12.4. The second-order valence-corrected chi connectivity index (χ2v) is 9.34. The summed E-state index contributed by atoms with van der Waals surface area (Å²) in [5.74, 6) is -0.0597. The van der Waals surface area contributed by atoms with Gasteiger partial charge in [-0.15, -0.1) is 5.10 Å². The molecule has 1 amide bonds. The molecule has 0 unspecified atom stereocenters. The quantitative estimate of drug-likeness (QED) is 0.318. The molecule has 3 aromatic rings. The minimum atomic E-state index is -0.722. The summed E-state index contributed by atoms with van der Waals surface area (Å²) in [5, 5.41) is 22.5. The van der Waals surface area contributed by atoms with E-state index in [1.54, 1.807) is 13.2 Å². The molecule has 1 fully saturated rings. The SMILES string of the molecule is COC[C@H](C)Oc1cccc(Nc2nnc(C(=O)Nc3ccc(C4CCC(CC(=O)O)CC4)cc3)o2)c1. The maximum Gasteiger partial charge on any atom is 0.320 e. The third-order valence-corrected chi connectivity index (χ3v) is 6.39. The summed E-state index contributed by atoms with van der Waals surface area (Å²) < 4.78 is 16.4. The number of amides is 1. The third-order valence-electron chi connectivity index (χ3n) is 6.39. The van der Waals surface area contributed by atoms with Crippen LogP contribution < -0.4 is 15.4 Å². The number of nitrogens with one attached hydrogen (secondary N) is 2. The summed E-state index contributed by atoms with van der Waals surface area (Å²) in [6.07, 6.45) is 3.94. The number of carboxylic acid groups (broad SMARTS) is 1. The standard InChI is InChI=1S/C27H32N4O6/c1-17(16-35-2)36-23-5-3-4-22(15-23)29-27-31-30-26(37-27)25(34)28-21-12-10-20(11-13-21)19-8-6-18(7-9-19)14-24(32)33/h3-5,10-13,15,17-19H,6-9,14,16H2,1-2H3,(H,28,34)(H,29,31)(H,32,33)/t17-,18?,19?/m0/s1. The fourth-order valence-corrected chi connectivity index (χ4v) is 4.61. The number of ether oxygens (including phenoxy) is 2. The Bertz CT molecular complexity index is 1190. The van der Waals surface area contributed by atoms with Crippen LogP contribution in [0.3, 0.4) is 0 Å². The number of carboxylic acids is 1. The molecule has 196 valence electrons. The molecule has 10 heteroatoms. The van der Waals surface area contributed by atoms with Gasteiger partial charge in [-0.2, -0.15) is 0 Å². The van der Waals surface area contributed by atoms with Crippen molar-refractivity contribution in [1.29, 1.82) is 0 Å². The molecule has 1 saturated carbocycles. The molecule has 0 aliphatic heterocycles. The Balaban J connectivity index is 1.29. The van der Waals surface area contributed by atoms with Gasteiger partial charge < -0.3 is 29.6 Å². The molecule has 2 aromatic carbocycles. The molecule has 1 aliphatic carbocycles. The van der Waals surface area contributed by atoms with Crippen molar-refractivity contribution in [2.75, 3.05) is 24.4 Å².